The maximum Gasteiger partial charge on any atom is 0.408 e. The van der Waals surface area contributed by atoms with E-state index in [0.717, 1.165) is 5.56 Å². The predicted molar refractivity (Wildman–Crippen MR) is 63.2 cm³/mol. The second kappa shape index (κ2) is 6.17. The summed E-state index contributed by atoms with van der Waals surface area (Å²) in [6.45, 7) is 1.72. The third-order valence-electron chi connectivity index (χ3n) is 1.92. The standard InChI is InChI=1S/C11H13NO3S/c1-8(10(13)16)12-11(14)15-7-9-5-3-2-4-6-9/h2-6,8H,7H2,1H3,(H,12,14)(H,13,16). The molecule has 86 valence electrons. The number of carbonyl (C=O) groups is 2. The summed E-state index contributed by atoms with van der Waals surface area (Å²) in [7, 11) is 0. The van der Waals surface area contributed by atoms with Gasteiger partial charge in [-0.05, 0) is 12.5 Å². The van der Waals surface area contributed by atoms with Gasteiger partial charge in [0.1, 0.15) is 6.61 Å². The molecule has 16 heavy (non-hydrogen) atoms. The highest BCUT2D eigenvalue weighted by atomic mass is 32.1. The lowest BCUT2D eigenvalue weighted by Gasteiger charge is -2.10. The van der Waals surface area contributed by atoms with Crippen LogP contribution in [0.5, 0.6) is 0 Å². The van der Waals surface area contributed by atoms with Crippen LogP contribution in [0.2, 0.25) is 0 Å². The van der Waals surface area contributed by atoms with Crippen LogP contribution in [0.1, 0.15) is 12.5 Å². The van der Waals surface area contributed by atoms with Gasteiger partial charge in [-0.3, -0.25) is 4.79 Å². The molecule has 0 saturated carbocycles. The molecule has 0 fully saturated rings. The highest BCUT2D eigenvalue weighted by Gasteiger charge is 2.12. The van der Waals surface area contributed by atoms with Crippen molar-refractivity contribution in [1.29, 1.82) is 0 Å². The molecule has 0 heterocycles. The van der Waals surface area contributed by atoms with Gasteiger partial charge in [0.25, 0.3) is 0 Å². The van der Waals surface area contributed by atoms with E-state index in [-0.39, 0.29) is 6.61 Å². The Morgan fingerprint density at radius 2 is 2.00 bits per heavy atom. The van der Waals surface area contributed by atoms with E-state index >= 15 is 0 Å². The van der Waals surface area contributed by atoms with Crippen molar-refractivity contribution >= 4 is 23.8 Å². The number of hydrogen-bond acceptors (Lipinski definition) is 3. The van der Waals surface area contributed by atoms with Gasteiger partial charge in [0.2, 0.25) is 5.12 Å². The van der Waals surface area contributed by atoms with Crippen molar-refractivity contribution in [2.75, 3.05) is 0 Å². The van der Waals surface area contributed by atoms with Gasteiger partial charge in [0, 0.05) is 0 Å². The Labute approximate surface area is 99.4 Å². The molecular weight excluding hydrogens is 226 g/mol. The van der Waals surface area contributed by atoms with Crippen LogP contribution in [0.4, 0.5) is 4.79 Å². The Kier molecular flexibility index (Phi) is 4.85. The quantitative estimate of drug-likeness (QED) is 0.787. The number of ether oxygens (including phenoxy) is 1. The van der Waals surface area contributed by atoms with Crippen LogP contribution in [-0.4, -0.2) is 17.3 Å². The lowest BCUT2D eigenvalue weighted by Crippen LogP contribution is -2.36. The van der Waals surface area contributed by atoms with E-state index < -0.39 is 17.3 Å². The molecule has 1 aromatic carbocycles. The number of benzene rings is 1. The normalized spacial score (nSPS) is 11.6. The van der Waals surface area contributed by atoms with Crippen LogP contribution in [0, 0.1) is 0 Å². The van der Waals surface area contributed by atoms with Crippen LogP contribution in [-0.2, 0) is 16.1 Å². The maximum atomic E-state index is 11.2. The monoisotopic (exact) mass is 239 g/mol. The molecule has 0 aliphatic carbocycles. The largest absolute Gasteiger partial charge is 0.445 e. The van der Waals surface area contributed by atoms with E-state index in [1.165, 1.54) is 0 Å². The molecule has 1 aromatic rings. The van der Waals surface area contributed by atoms with Crippen molar-refractivity contribution in [3.8, 4) is 0 Å². The van der Waals surface area contributed by atoms with Gasteiger partial charge in [0.15, 0.2) is 0 Å². The SMILES string of the molecule is CC(NC(=O)OCc1ccccc1)C(=O)S. The zero-order valence-corrected chi connectivity index (χ0v) is 9.74. The summed E-state index contributed by atoms with van der Waals surface area (Å²) in [6.07, 6.45) is -0.626. The first-order valence-corrected chi connectivity index (χ1v) is 5.24. The van der Waals surface area contributed by atoms with Crippen molar-refractivity contribution in [2.24, 2.45) is 0 Å². The van der Waals surface area contributed by atoms with Crippen molar-refractivity contribution in [3.63, 3.8) is 0 Å². The van der Waals surface area contributed by atoms with Crippen molar-refractivity contribution in [2.45, 2.75) is 19.6 Å². The van der Waals surface area contributed by atoms with Crippen molar-refractivity contribution < 1.29 is 14.3 Å². The summed E-state index contributed by atoms with van der Waals surface area (Å²) in [4.78, 5) is 22.0. The van der Waals surface area contributed by atoms with Crippen LogP contribution in [0.3, 0.4) is 0 Å². The minimum atomic E-state index is -0.647. The third kappa shape index (κ3) is 4.35. The highest BCUT2D eigenvalue weighted by molar-refractivity contribution is 7.96. The topological polar surface area (TPSA) is 55.4 Å². The summed E-state index contributed by atoms with van der Waals surface area (Å²) < 4.78 is 4.91. The number of hydrogen-bond donors (Lipinski definition) is 2. The Morgan fingerprint density at radius 3 is 2.56 bits per heavy atom. The van der Waals surface area contributed by atoms with Gasteiger partial charge in [0.05, 0.1) is 6.04 Å². The molecule has 1 amide bonds. The molecule has 1 atom stereocenters. The fourth-order valence-electron chi connectivity index (χ4n) is 1.00. The Balaban J connectivity index is 2.33. The van der Waals surface area contributed by atoms with Gasteiger partial charge in [-0.2, -0.15) is 0 Å². The van der Waals surface area contributed by atoms with Crippen LogP contribution >= 0.6 is 12.6 Å². The zero-order valence-electron chi connectivity index (χ0n) is 8.84. The molecule has 1 unspecified atom stereocenters. The molecule has 1 N–H and O–H groups in total. The predicted octanol–water partition coefficient (Wildman–Crippen LogP) is 1.76. The molecule has 0 aliphatic heterocycles. The average Bonchev–Trinajstić information content (AvgIpc) is 2.27. The van der Waals surface area contributed by atoms with E-state index in [4.69, 9.17) is 4.74 Å². The first-order chi connectivity index (χ1) is 7.59. The average molecular weight is 239 g/mol. The maximum absolute atomic E-state index is 11.2. The molecule has 0 bridgehead atoms. The van der Waals surface area contributed by atoms with Gasteiger partial charge in [-0.1, -0.05) is 30.3 Å². The van der Waals surface area contributed by atoms with Crippen LogP contribution in [0.15, 0.2) is 30.3 Å². The molecule has 0 spiro atoms. The molecule has 1 rings (SSSR count). The minimum Gasteiger partial charge on any atom is -0.445 e. The van der Waals surface area contributed by atoms with E-state index in [1.54, 1.807) is 6.92 Å². The van der Waals surface area contributed by atoms with Crippen molar-refractivity contribution in [1.82, 2.24) is 5.32 Å². The highest BCUT2D eigenvalue weighted by Crippen LogP contribution is 2.00. The van der Waals surface area contributed by atoms with Gasteiger partial charge >= 0.3 is 6.09 Å². The number of thiol groups is 1. The summed E-state index contributed by atoms with van der Waals surface area (Å²) >= 11 is 3.60. The Bertz CT molecular complexity index is 367. The molecule has 4 nitrogen and oxygen atoms in total. The minimum absolute atomic E-state index is 0.181. The first-order valence-electron chi connectivity index (χ1n) is 4.79. The van der Waals surface area contributed by atoms with E-state index in [1.807, 2.05) is 30.3 Å². The number of rotatable bonds is 4. The number of alkyl carbamates (subject to hydrolysis) is 1. The molecule has 0 saturated heterocycles. The van der Waals surface area contributed by atoms with Crippen LogP contribution in [0.25, 0.3) is 0 Å². The summed E-state index contributed by atoms with van der Waals surface area (Å²) in [5.41, 5.74) is 0.891. The Morgan fingerprint density at radius 1 is 1.38 bits per heavy atom. The number of carbonyl (C=O) groups excluding carboxylic acids is 2. The smallest absolute Gasteiger partial charge is 0.408 e. The van der Waals surface area contributed by atoms with Gasteiger partial charge < -0.3 is 10.1 Å². The van der Waals surface area contributed by atoms with Crippen molar-refractivity contribution in [3.05, 3.63) is 35.9 Å². The molecular formula is C11H13NO3S. The number of amides is 1. The summed E-state index contributed by atoms with van der Waals surface area (Å²) in [5, 5.41) is 1.96. The second-order valence-electron chi connectivity index (χ2n) is 3.27. The lowest BCUT2D eigenvalue weighted by molar-refractivity contribution is -0.112. The Hall–Kier alpha value is -1.49. The second-order valence-corrected chi connectivity index (χ2v) is 3.71. The fourth-order valence-corrected chi connectivity index (χ4v) is 1.07. The fraction of sp³-hybridized carbons (Fsp3) is 0.273. The number of nitrogens with one attached hydrogen (secondary N) is 1. The zero-order chi connectivity index (χ0) is 12.0. The molecule has 0 aliphatic rings. The van der Waals surface area contributed by atoms with E-state index in [2.05, 4.69) is 17.9 Å². The first kappa shape index (κ1) is 12.6. The van der Waals surface area contributed by atoms with Gasteiger partial charge in [-0.25, -0.2) is 4.79 Å². The van der Waals surface area contributed by atoms with Gasteiger partial charge in [-0.15, -0.1) is 12.6 Å². The molecule has 5 heteroatoms. The lowest BCUT2D eigenvalue weighted by atomic mass is 10.2. The van der Waals surface area contributed by atoms with E-state index in [9.17, 15) is 9.59 Å². The third-order valence-corrected chi connectivity index (χ3v) is 2.30. The molecule has 0 aromatic heterocycles. The van der Waals surface area contributed by atoms with E-state index in [0.29, 0.717) is 0 Å². The molecule has 0 radical (unpaired) electrons. The summed E-state index contributed by atoms with van der Waals surface area (Å²) in [6, 6.07) is 8.64. The summed E-state index contributed by atoms with van der Waals surface area (Å²) in [5.74, 6) is 0. The van der Waals surface area contributed by atoms with Crippen LogP contribution < -0.4 is 5.32 Å².